The molecular formula is C17H17N. The highest BCUT2D eigenvalue weighted by atomic mass is 14.6. The van der Waals surface area contributed by atoms with Crippen LogP contribution >= 0.6 is 0 Å². The number of hydrogen-bond acceptors (Lipinski definition) is 1. The van der Waals surface area contributed by atoms with Gasteiger partial charge in [0.25, 0.3) is 0 Å². The largest absolute Gasteiger partial charge is 0.256 e. The van der Waals surface area contributed by atoms with Crippen molar-refractivity contribution in [2.24, 2.45) is 0 Å². The molecule has 0 aliphatic rings. The molecule has 0 radical (unpaired) electrons. The summed E-state index contributed by atoms with van der Waals surface area (Å²) < 4.78 is 0. The first-order valence-electron chi connectivity index (χ1n) is 6.34. The molecule has 0 amide bonds. The fraction of sp³-hybridized carbons (Fsp3) is 0.118. The van der Waals surface area contributed by atoms with E-state index in [2.05, 4.69) is 47.4 Å². The predicted molar refractivity (Wildman–Crippen MR) is 78.5 cm³/mol. The van der Waals surface area contributed by atoms with E-state index in [0.717, 1.165) is 5.52 Å². The van der Waals surface area contributed by atoms with E-state index in [-0.39, 0.29) is 0 Å². The van der Waals surface area contributed by atoms with Crippen LogP contribution in [0.5, 0.6) is 0 Å². The van der Waals surface area contributed by atoms with E-state index in [4.69, 9.17) is 0 Å². The molecule has 1 heteroatoms. The fourth-order valence-electron chi connectivity index (χ4n) is 1.97. The summed E-state index contributed by atoms with van der Waals surface area (Å²) >= 11 is 0. The van der Waals surface area contributed by atoms with E-state index in [0.29, 0.717) is 0 Å². The first-order chi connectivity index (χ1) is 8.95. The second kappa shape index (κ2) is 5.97. The lowest BCUT2D eigenvalue weighted by atomic mass is 10.0. The first kappa shape index (κ1) is 12.3. The molecule has 1 nitrogen and oxygen atoms in total. The number of para-hydroxylation sites is 1. The molecule has 0 unspecified atom stereocenters. The molecule has 2 aromatic carbocycles. The number of aromatic nitrogens is 1. The van der Waals surface area contributed by atoms with Crippen LogP contribution in [-0.4, -0.2) is 4.98 Å². The Balaban J connectivity index is 0.000000574. The Hall–Kier alpha value is -2.15. The van der Waals surface area contributed by atoms with E-state index < -0.39 is 0 Å². The molecule has 3 aromatic rings. The molecule has 0 atom stereocenters. The molecule has 0 saturated carbocycles. The van der Waals surface area contributed by atoms with Crippen LogP contribution in [0.4, 0.5) is 0 Å². The second-order valence-corrected chi connectivity index (χ2v) is 3.74. The van der Waals surface area contributed by atoms with Crippen LogP contribution in [0.3, 0.4) is 0 Å². The van der Waals surface area contributed by atoms with Crippen LogP contribution < -0.4 is 0 Å². The average Bonchev–Trinajstić information content (AvgIpc) is 2.50. The van der Waals surface area contributed by atoms with E-state index in [1.807, 2.05) is 38.2 Å². The van der Waals surface area contributed by atoms with Gasteiger partial charge < -0.3 is 0 Å². The summed E-state index contributed by atoms with van der Waals surface area (Å²) in [7, 11) is 0. The summed E-state index contributed by atoms with van der Waals surface area (Å²) in [5.74, 6) is 0. The SMILES string of the molecule is CC.c1ccc(-c2ccnc3ccccc23)cc1. The highest BCUT2D eigenvalue weighted by molar-refractivity contribution is 5.94. The number of hydrogen-bond donors (Lipinski definition) is 0. The van der Waals surface area contributed by atoms with E-state index in [9.17, 15) is 0 Å². The summed E-state index contributed by atoms with van der Waals surface area (Å²) in [5, 5.41) is 1.20. The molecule has 0 fully saturated rings. The van der Waals surface area contributed by atoms with Crippen molar-refractivity contribution in [3.05, 3.63) is 66.9 Å². The van der Waals surface area contributed by atoms with Crippen molar-refractivity contribution in [1.82, 2.24) is 4.98 Å². The van der Waals surface area contributed by atoms with E-state index >= 15 is 0 Å². The van der Waals surface area contributed by atoms with Gasteiger partial charge in [-0.25, -0.2) is 0 Å². The number of rotatable bonds is 1. The molecule has 0 N–H and O–H groups in total. The van der Waals surface area contributed by atoms with Gasteiger partial charge >= 0.3 is 0 Å². The van der Waals surface area contributed by atoms with E-state index in [1.165, 1.54) is 16.5 Å². The molecule has 1 heterocycles. The van der Waals surface area contributed by atoms with Gasteiger partial charge in [-0.3, -0.25) is 4.98 Å². The third-order valence-electron chi connectivity index (χ3n) is 2.73. The number of pyridine rings is 1. The van der Waals surface area contributed by atoms with Crippen LogP contribution in [0.1, 0.15) is 13.8 Å². The lowest BCUT2D eigenvalue weighted by molar-refractivity contribution is 1.41. The van der Waals surface area contributed by atoms with Crippen LogP contribution in [-0.2, 0) is 0 Å². The minimum atomic E-state index is 1.05. The maximum absolute atomic E-state index is 4.37. The zero-order chi connectivity index (χ0) is 12.8. The average molecular weight is 235 g/mol. The molecule has 90 valence electrons. The topological polar surface area (TPSA) is 12.9 Å². The quantitative estimate of drug-likeness (QED) is 0.583. The van der Waals surface area contributed by atoms with Crippen molar-refractivity contribution in [1.29, 1.82) is 0 Å². The van der Waals surface area contributed by atoms with Crippen molar-refractivity contribution in [2.45, 2.75) is 13.8 Å². The maximum atomic E-state index is 4.37. The lowest BCUT2D eigenvalue weighted by Gasteiger charge is -2.05. The molecular weight excluding hydrogens is 218 g/mol. The van der Waals surface area contributed by atoms with Crippen LogP contribution in [0, 0.1) is 0 Å². The van der Waals surface area contributed by atoms with E-state index in [1.54, 1.807) is 0 Å². The molecule has 0 aliphatic heterocycles. The van der Waals surface area contributed by atoms with Gasteiger partial charge in [-0.1, -0.05) is 62.4 Å². The summed E-state index contributed by atoms with van der Waals surface area (Å²) in [6.07, 6.45) is 1.87. The minimum absolute atomic E-state index is 1.05. The van der Waals surface area contributed by atoms with Gasteiger partial charge in [-0.05, 0) is 23.3 Å². The normalized spacial score (nSPS) is 9.67. The highest BCUT2D eigenvalue weighted by Crippen LogP contribution is 2.26. The summed E-state index contributed by atoms with van der Waals surface area (Å²) in [4.78, 5) is 4.37. The summed E-state index contributed by atoms with van der Waals surface area (Å²) in [5.41, 5.74) is 3.52. The minimum Gasteiger partial charge on any atom is -0.256 e. The number of nitrogens with zero attached hydrogens (tertiary/aromatic N) is 1. The number of fused-ring (bicyclic) bond motifs is 1. The molecule has 0 bridgehead atoms. The van der Waals surface area contributed by atoms with Gasteiger partial charge in [-0.2, -0.15) is 0 Å². The summed E-state index contributed by atoms with van der Waals surface area (Å²) in [6.45, 7) is 4.00. The van der Waals surface area contributed by atoms with Crippen molar-refractivity contribution in [3.63, 3.8) is 0 Å². The van der Waals surface area contributed by atoms with Crippen molar-refractivity contribution >= 4 is 10.9 Å². The zero-order valence-electron chi connectivity index (χ0n) is 10.8. The highest BCUT2D eigenvalue weighted by Gasteiger charge is 2.02. The van der Waals surface area contributed by atoms with Gasteiger partial charge in [-0.15, -0.1) is 0 Å². The smallest absolute Gasteiger partial charge is 0.0708 e. The molecule has 0 aliphatic carbocycles. The van der Waals surface area contributed by atoms with Crippen molar-refractivity contribution in [3.8, 4) is 11.1 Å². The van der Waals surface area contributed by atoms with Gasteiger partial charge in [0.2, 0.25) is 0 Å². The van der Waals surface area contributed by atoms with Crippen LogP contribution in [0.25, 0.3) is 22.0 Å². The fourth-order valence-corrected chi connectivity index (χ4v) is 1.97. The maximum Gasteiger partial charge on any atom is 0.0708 e. The Morgan fingerprint density at radius 1 is 0.722 bits per heavy atom. The van der Waals surface area contributed by atoms with Crippen molar-refractivity contribution < 1.29 is 0 Å². The molecule has 3 rings (SSSR count). The lowest BCUT2D eigenvalue weighted by Crippen LogP contribution is -1.83. The van der Waals surface area contributed by atoms with Gasteiger partial charge in [0.15, 0.2) is 0 Å². The number of benzene rings is 2. The van der Waals surface area contributed by atoms with Crippen molar-refractivity contribution in [2.75, 3.05) is 0 Å². The van der Waals surface area contributed by atoms with Crippen LogP contribution in [0.15, 0.2) is 66.9 Å². The zero-order valence-corrected chi connectivity index (χ0v) is 10.8. The monoisotopic (exact) mass is 235 g/mol. The van der Waals surface area contributed by atoms with Crippen LogP contribution in [0.2, 0.25) is 0 Å². The van der Waals surface area contributed by atoms with Gasteiger partial charge in [0.05, 0.1) is 5.52 Å². The Labute approximate surface area is 108 Å². The van der Waals surface area contributed by atoms with Gasteiger partial charge in [0.1, 0.15) is 0 Å². The third-order valence-corrected chi connectivity index (χ3v) is 2.73. The first-order valence-corrected chi connectivity index (χ1v) is 6.34. The second-order valence-electron chi connectivity index (χ2n) is 3.74. The van der Waals surface area contributed by atoms with Gasteiger partial charge in [0, 0.05) is 11.6 Å². The molecule has 0 spiro atoms. The Morgan fingerprint density at radius 2 is 1.39 bits per heavy atom. The molecule has 0 saturated heterocycles. The standard InChI is InChI=1S/C15H11N.C2H6/c1-2-6-12(7-3-1)13-10-11-16-15-9-5-4-8-14(13)15;1-2/h1-11H;1-2H3. The Bertz CT molecular complexity index is 609. The Kier molecular flexibility index (Phi) is 4.08. The Morgan fingerprint density at radius 3 is 2.17 bits per heavy atom. The molecule has 1 aromatic heterocycles. The summed E-state index contributed by atoms with van der Waals surface area (Å²) in [6, 6.07) is 20.7. The molecule has 18 heavy (non-hydrogen) atoms. The third kappa shape index (κ3) is 2.40. The predicted octanol–water partition coefficient (Wildman–Crippen LogP) is 4.93.